The number of ketones is 1. The monoisotopic (exact) mass is 264 g/mol. The molecule has 0 saturated heterocycles. The third-order valence-corrected chi connectivity index (χ3v) is 5.70. The van der Waals surface area contributed by atoms with E-state index in [1.54, 1.807) is 6.92 Å². The van der Waals surface area contributed by atoms with Crippen molar-refractivity contribution in [2.75, 3.05) is 0 Å². The average molecular weight is 264 g/mol. The normalized spacial score (nSPS) is 36.4. The number of carbonyl (C=O) groups is 2. The second-order valence-electron chi connectivity index (χ2n) is 6.94. The van der Waals surface area contributed by atoms with E-state index in [1.807, 2.05) is 0 Å². The molecule has 2 saturated carbocycles. The van der Waals surface area contributed by atoms with E-state index in [9.17, 15) is 9.59 Å². The highest BCUT2D eigenvalue weighted by Gasteiger charge is 2.62. The predicted octanol–water partition coefficient (Wildman–Crippen LogP) is 3.28. The zero-order valence-electron chi connectivity index (χ0n) is 12.6. The summed E-state index contributed by atoms with van der Waals surface area (Å²) >= 11 is 0. The Kier molecular flexibility index (Phi) is 3.36. The van der Waals surface area contributed by atoms with Gasteiger partial charge >= 0.3 is 5.97 Å². The van der Waals surface area contributed by atoms with Gasteiger partial charge in [-0.15, -0.1) is 0 Å². The minimum absolute atomic E-state index is 0.0101. The topological polar surface area (TPSA) is 43.4 Å². The molecule has 0 aromatic heterocycles. The standard InChI is InChI=1S/C16H24O3/c1-10(8-11(2)17)14(18)19-13-9-12-6-7-16(13,5)15(12,3)4/h8,12-13H,6-7,9H2,1-5H3/t12-,13?,16-/m1/s1. The molecule has 0 radical (unpaired) electrons. The predicted molar refractivity (Wildman–Crippen MR) is 73.5 cm³/mol. The summed E-state index contributed by atoms with van der Waals surface area (Å²) in [6.45, 7) is 9.90. The lowest BCUT2D eigenvalue weighted by Gasteiger charge is -2.38. The maximum absolute atomic E-state index is 12.0. The van der Waals surface area contributed by atoms with Gasteiger partial charge in [-0.3, -0.25) is 4.79 Å². The van der Waals surface area contributed by atoms with E-state index in [2.05, 4.69) is 20.8 Å². The Bertz CT molecular complexity index is 447. The van der Waals surface area contributed by atoms with E-state index in [0.717, 1.165) is 12.8 Å². The van der Waals surface area contributed by atoms with Crippen molar-refractivity contribution in [3.63, 3.8) is 0 Å². The highest BCUT2D eigenvalue weighted by atomic mass is 16.5. The maximum Gasteiger partial charge on any atom is 0.334 e. The first kappa shape index (κ1) is 14.3. The molecule has 3 atom stereocenters. The molecule has 2 bridgehead atoms. The summed E-state index contributed by atoms with van der Waals surface area (Å²) in [6, 6.07) is 0. The van der Waals surface area contributed by atoms with Crippen LogP contribution in [0.25, 0.3) is 0 Å². The van der Waals surface area contributed by atoms with E-state index in [4.69, 9.17) is 4.74 Å². The molecule has 0 N–H and O–H groups in total. The minimum Gasteiger partial charge on any atom is -0.458 e. The molecule has 0 aliphatic heterocycles. The van der Waals surface area contributed by atoms with Crippen molar-refractivity contribution < 1.29 is 14.3 Å². The van der Waals surface area contributed by atoms with E-state index >= 15 is 0 Å². The van der Waals surface area contributed by atoms with Gasteiger partial charge in [0.05, 0.1) is 0 Å². The summed E-state index contributed by atoms with van der Waals surface area (Å²) in [7, 11) is 0. The van der Waals surface area contributed by atoms with Gasteiger partial charge in [-0.2, -0.15) is 0 Å². The maximum atomic E-state index is 12.0. The summed E-state index contributed by atoms with van der Waals surface area (Å²) in [5, 5.41) is 0. The van der Waals surface area contributed by atoms with Crippen molar-refractivity contribution in [2.24, 2.45) is 16.7 Å². The van der Waals surface area contributed by atoms with Crippen molar-refractivity contribution in [2.45, 2.75) is 60.0 Å². The van der Waals surface area contributed by atoms with Gasteiger partial charge < -0.3 is 4.74 Å². The van der Waals surface area contributed by atoms with Crippen LogP contribution in [0.4, 0.5) is 0 Å². The number of hydrogen-bond acceptors (Lipinski definition) is 3. The molecule has 2 aliphatic carbocycles. The Balaban J connectivity index is 2.10. The molecule has 106 valence electrons. The SMILES string of the molecule is CC(=O)C=C(C)C(=O)OC1C[C@H]2CC[C@@]1(C)C2(C)C. The number of ether oxygens (including phenoxy) is 1. The Hall–Kier alpha value is -1.12. The third kappa shape index (κ3) is 2.13. The quantitative estimate of drug-likeness (QED) is 0.580. The fourth-order valence-electron chi connectivity index (χ4n) is 3.89. The fourth-order valence-corrected chi connectivity index (χ4v) is 3.89. The Morgan fingerprint density at radius 3 is 2.26 bits per heavy atom. The van der Waals surface area contributed by atoms with Crippen LogP contribution in [-0.4, -0.2) is 17.9 Å². The van der Waals surface area contributed by atoms with Crippen LogP contribution in [0, 0.1) is 16.7 Å². The van der Waals surface area contributed by atoms with Gasteiger partial charge in [-0.25, -0.2) is 4.79 Å². The fraction of sp³-hybridized carbons (Fsp3) is 0.750. The lowest BCUT2D eigenvalue weighted by Crippen LogP contribution is -2.38. The van der Waals surface area contributed by atoms with Gasteiger partial charge in [0.1, 0.15) is 6.10 Å². The Labute approximate surface area is 115 Å². The van der Waals surface area contributed by atoms with Gasteiger partial charge in [0.15, 0.2) is 5.78 Å². The number of carbonyl (C=O) groups excluding carboxylic acids is 2. The number of allylic oxidation sites excluding steroid dienone is 1. The van der Waals surface area contributed by atoms with Gasteiger partial charge in [0, 0.05) is 11.0 Å². The minimum atomic E-state index is -0.343. The van der Waals surface area contributed by atoms with Crippen molar-refractivity contribution in [3.05, 3.63) is 11.6 Å². The zero-order chi connectivity index (χ0) is 14.4. The van der Waals surface area contributed by atoms with Crippen LogP contribution >= 0.6 is 0 Å². The summed E-state index contributed by atoms with van der Waals surface area (Å²) < 4.78 is 5.69. The van der Waals surface area contributed by atoms with Crippen LogP contribution in [0.3, 0.4) is 0 Å². The van der Waals surface area contributed by atoms with Crippen LogP contribution in [-0.2, 0) is 14.3 Å². The first-order valence-corrected chi connectivity index (χ1v) is 7.08. The zero-order valence-corrected chi connectivity index (χ0v) is 12.6. The summed E-state index contributed by atoms with van der Waals surface area (Å²) in [5.74, 6) is 0.186. The molecule has 0 amide bonds. The third-order valence-electron chi connectivity index (χ3n) is 5.70. The lowest BCUT2D eigenvalue weighted by atomic mass is 9.70. The summed E-state index contributed by atoms with van der Waals surface area (Å²) in [6.07, 6.45) is 4.66. The van der Waals surface area contributed by atoms with Crippen LogP contribution in [0.1, 0.15) is 53.9 Å². The molecule has 0 aromatic carbocycles. The molecule has 2 fully saturated rings. The van der Waals surface area contributed by atoms with E-state index in [-0.39, 0.29) is 28.7 Å². The first-order chi connectivity index (χ1) is 8.68. The molecular formula is C16H24O3. The molecule has 3 nitrogen and oxygen atoms in total. The van der Waals surface area contributed by atoms with Crippen LogP contribution in [0.2, 0.25) is 0 Å². The molecule has 1 unspecified atom stereocenters. The first-order valence-electron chi connectivity index (χ1n) is 7.08. The second-order valence-corrected chi connectivity index (χ2v) is 6.94. The Morgan fingerprint density at radius 1 is 1.21 bits per heavy atom. The average Bonchev–Trinajstić information content (AvgIpc) is 2.61. The van der Waals surface area contributed by atoms with E-state index < -0.39 is 0 Å². The molecule has 19 heavy (non-hydrogen) atoms. The highest BCUT2D eigenvalue weighted by Crippen LogP contribution is 2.66. The van der Waals surface area contributed by atoms with Gasteiger partial charge in [0.2, 0.25) is 0 Å². The second kappa shape index (κ2) is 4.46. The lowest BCUT2D eigenvalue weighted by molar-refractivity contribution is -0.152. The van der Waals surface area contributed by atoms with Crippen molar-refractivity contribution in [1.82, 2.24) is 0 Å². The Morgan fingerprint density at radius 2 is 1.84 bits per heavy atom. The summed E-state index contributed by atoms with van der Waals surface area (Å²) in [4.78, 5) is 23.0. The van der Waals surface area contributed by atoms with Crippen LogP contribution in [0.5, 0.6) is 0 Å². The largest absolute Gasteiger partial charge is 0.458 e. The van der Waals surface area contributed by atoms with Crippen molar-refractivity contribution in [3.8, 4) is 0 Å². The van der Waals surface area contributed by atoms with Crippen molar-refractivity contribution >= 4 is 11.8 Å². The molecule has 0 aromatic rings. The molecule has 0 spiro atoms. The molecule has 2 rings (SSSR count). The summed E-state index contributed by atoms with van der Waals surface area (Å²) in [5.41, 5.74) is 0.705. The number of rotatable bonds is 3. The van der Waals surface area contributed by atoms with Crippen molar-refractivity contribution in [1.29, 1.82) is 0 Å². The van der Waals surface area contributed by atoms with Gasteiger partial charge in [-0.1, -0.05) is 20.8 Å². The van der Waals surface area contributed by atoms with Crippen LogP contribution < -0.4 is 0 Å². The van der Waals surface area contributed by atoms with Gasteiger partial charge in [0.25, 0.3) is 0 Å². The molecule has 3 heteroatoms. The molecular weight excluding hydrogens is 240 g/mol. The molecule has 2 aliphatic rings. The van der Waals surface area contributed by atoms with E-state index in [0.29, 0.717) is 11.5 Å². The number of esters is 1. The smallest absolute Gasteiger partial charge is 0.334 e. The van der Waals surface area contributed by atoms with Crippen LogP contribution in [0.15, 0.2) is 11.6 Å². The number of hydrogen-bond donors (Lipinski definition) is 0. The van der Waals surface area contributed by atoms with Gasteiger partial charge in [-0.05, 0) is 50.5 Å². The number of fused-ring (bicyclic) bond motifs is 2. The molecule has 0 heterocycles. The highest BCUT2D eigenvalue weighted by molar-refractivity contribution is 5.98. The van der Waals surface area contributed by atoms with E-state index in [1.165, 1.54) is 19.4 Å².